The van der Waals surface area contributed by atoms with E-state index in [9.17, 15) is 0 Å². The van der Waals surface area contributed by atoms with Gasteiger partial charge in [-0.25, -0.2) is 0 Å². The minimum Gasteiger partial charge on any atom is -0.373 e. The first-order valence-electron chi connectivity index (χ1n) is 7.51. The Kier molecular flexibility index (Phi) is 4.64. The van der Waals surface area contributed by atoms with Crippen molar-refractivity contribution in [3.05, 3.63) is 34.9 Å². The lowest BCUT2D eigenvalue weighted by Crippen LogP contribution is -2.42. The van der Waals surface area contributed by atoms with E-state index in [1.807, 2.05) is 0 Å². The summed E-state index contributed by atoms with van der Waals surface area (Å²) in [5.41, 5.74) is 4.02. The fourth-order valence-corrected chi connectivity index (χ4v) is 3.04. The van der Waals surface area contributed by atoms with Crippen LogP contribution in [0.15, 0.2) is 18.2 Å². The van der Waals surface area contributed by atoms with Crippen LogP contribution in [0.25, 0.3) is 0 Å². The van der Waals surface area contributed by atoms with Gasteiger partial charge in [-0.05, 0) is 57.7 Å². The average molecular weight is 261 g/mol. The van der Waals surface area contributed by atoms with Crippen LogP contribution in [-0.2, 0) is 4.74 Å². The van der Waals surface area contributed by atoms with Crippen molar-refractivity contribution < 1.29 is 4.74 Å². The molecule has 2 unspecified atom stereocenters. The molecule has 19 heavy (non-hydrogen) atoms. The van der Waals surface area contributed by atoms with Crippen molar-refractivity contribution in [3.8, 4) is 0 Å². The van der Waals surface area contributed by atoms with Gasteiger partial charge in [0.15, 0.2) is 0 Å². The molecule has 1 N–H and O–H groups in total. The highest BCUT2D eigenvalue weighted by Gasteiger charge is 2.39. The molecule has 2 heteroatoms. The third-order valence-corrected chi connectivity index (χ3v) is 4.20. The summed E-state index contributed by atoms with van der Waals surface area (Å²) in [5.74, 6) is 0. The lowest BCUT2D eigenvalue weighted by atomic mass is 9.85. The van der Waals surface area contributed by atoms with Crippen LogP contribution in [0.2, 0.25) is 0 Å². The summed E-state index contributed by atoms with van der Waals surface area (Å²) in [6.45, 7) is 10.8. The molecule has 0 bridgehead atoms. The number of aryl methyl sites for hydroxylation is 2. The summed E-state index contributed by atoms with van der Waals surface area (Å²) in [6, 6.07) is 7.03. The molecule has 0 aliphatic carbocycles. The standard InChI is InChI=1S/C17H27NO/c1-5-10-18-16(17(4)9-6-11-19-17)15-12-13(2)7-8-14(15)3/h7-8,12,16,18H,5-6,9-11H2,1-4H3. The molecule has 0 radical (unpaired) electrons. The van der Waals surface area contributed by atoms with Crippen molar-refractivity contribution in [2.75, 3.05) is 13.2 Å². The second-order valence-electron chi connectivity index (χ2n) is 6.01. The minimum atomic E-state index is -0.0618. The van der Waals surface area contributed by atoms with E-state index < -0.39 is 0 Å². The smallest absolute Gasteiger partial charge is 0.0849 e. The van der Waals surface area contributed by atoms with Gasteiger partial charge in [-0.3, -0.25) is 0 Å². The molecule has 1 aliphatic rings. The van der Waals surface area contributed by atoms with Gasteiger partial charge in [-0.15, -0.1) is 0 Å². The van der Waals surface area contributed by atoms with Crippen LogP contribution in [0.3, 0.4) is 0 Å². The van der Waals surface area contributed by atoms with Gasteiger partial charge in [0.25, 0.3) is 0 Å². The van der Waals surface area contributed by atoms with Gasteiger partial charge >= 0.3 is 0 Å². The second kappa shape index (κ2) is 6.06. The van der Waals surface area contributed by atoms with E-state index >= 15 is 0 Å². The third kappa shape index (κ3) is 3.18. The first-order valence-corrected chi connectivity index (χ1v) is 7.51. The maximum atomic E-state index is 6.09. The van der Waals surface area contributed by atoms with Crippen molar-refractivity contribution in [1.29, 1.82) is 0 Å². The van der Waals surface area contributed by atoms with Crippen LogP contribution in [0.4, 0.5) is 0 Å². The number of ether oxygens (including phenoxy) is 1. The largest absolute Gasteiger partial charge is 0.373 e. The number of nitrogens with one attached hydrogen (secondary N) is 1. The van der Waals surface area contributed by atoms with E-state index in [0.717, 1.165) is 26.0 Å². The van der Waals surface area contributed by atoms with E-state index in [2.05, 4.69) is 51.2 Å². The van der Waals surface area contributed by atoms with Crippen LogP contribution in [0, 0.1) is 13.8 Å². The van der Waals surface area contributed by atoms with Gasteiger partial charge in [0.2, 0.25) is 0 Å². The molecular weight excluding hydrogens is 234 g/mol. The number of benzene rings is 1. The summed E-state index contributed by atoms with van der Waals surface area (Å²) in [4.78, 5) is 0. The molecule has 0 aromatic heterocycles. The maximum absolute atomic E-state index is 6.09. The Balaban J connectivity index is 2.33. The fourth-order valence-electron chi connectivity index (χ4n) is 3.04. The van der Waals surface area contributed by atoms with Crippen molar-refractivity contribution >= 4 is 0 Å². The Bertz CT molecular complexity index is 421. The van der Waals surface area contributed by atoms with Gasteiger partial charge in [-0.2, -0.15) is 0 Å². The molecule has 1 saturated heterocycles. The zero-order chi connectivity index (χ0) is 13.9. The predicted molar refractivity (Wildman–Crippen MR) is 80.5 cm³/mol. The number of hydrogen-bond donors (Lipinski definition) is 1. The quantitative estimate of drug-likeness (QED) is 0.867. The fraction of sp³-hybridized carbons (Fsp3) is 0.647. The van der Waals surface area contributed by atoms with E-state index in [0.29, 0.717) is 6.04 Å². The summed E-state index contributed by atoms with van der Waals surface area (Å²) < 4.78 is 6.09. The van der Waals surface area contributed by atoms with Crippen LogP contribution in [-0.4, -0.2) is 18.8 Å². The lowest BCUT2D eigenvalue weighted by molar-refractivity contribution is -0.0126. The third-order valence-electron chi connectivity index (χ3n) is 4.20. The summed E-state index contributed by atoms with van der Waals surface area (Å²) in [6.07, 6.45) is 3.46. The molecule has 0 spiro atoms. The first-order chi connectivity index (χ1) is 9.07. The summed E-state index contributed by atoms with van der Waals surface area (Å²) in [7, 11) is 0. The molecule has 106 valence electrons. The van der Waals surface area contributed by atoms with Crippen molar-refractivity contribution in [2.45, 2.75) is 58.6 Å². The van der Waals surface area contributed by atoms with Gasteiger partial charge in [0.05, 0.1) is 11.6 Å². The molecular formula is C17H27NO. The average Bonchev–Trinajstić information content (AvgIpc) is 2.82. The Morgan fingerprint density at radius 1 is 1.37 bits per heavy atom. The van der Waals surface area contributed by atoms with Crippen LogP contribution in [0.1, 0.15) is 55.8 Å². The molecule has 1 aromatic rings. The number of rotatable bonds is 5. The van der Waals surface area contributed by atoms with Crippen LogP contribution >= 0.6 is 0 Å². The summed E-state index contributed by atoms with van der Waals surface area (Å²) >= 11 is 0. The van der Waals surface area contributed by atoms with Crippen LogP contribution in [0.5, 0.6) is 0 Å². The SMILES string of the molecule is CCCNC(c1cc(C)ccc1C)C1(C)CCCO1. The molecule has 0 amide bonds. The Morgan fingerprint density at radius 2 is 2.16 bits per heavy atom. The van der Waals surface area contributed by atoms with Gasteiger partial charge in [0.1, 0.15) is 0 Å². The molecule has 0 saturated carbocycles. The normalized spacial score (nSPS) is 24.6. The Labute approximate surface area is 117 Å². The molecule has 1 heterocycles. The molecule has 2 nitrogen and oxygen atoms in total. The zero-order valence-electron chi connectivity index (χ0n) is 12.8. The molecule has 1 aliphatic heterocycles. The second-order valence-corrected chi connectivity index (χ2v) is 6.01. The first kappa shape index (κ1) is 14.5. The minimum absolute atomic E-state index is 0.0618. The highest BCUT2D eigenvalue weighted by Crippen LogP contribution is 2.38. The van der Waals surface area contributed by atoms with E-state index in [-0.39, 0.29) is 5.60 Å². The molecule has 2 atom stereocenters. The van der Waals surface area contributed by atoms with Crippen molar-refractivity contribution in [1.82, 2.24) is 5.32 Å². The van der Waals surface area contributed by atoms with Crippen molar-refractivity contribution in [3.63, 3.8) is 0 Å². The monoisotopic (exact) mass is 261 g/mol. The van der Waals surface area contributed by atoms with E-state index in [1.165, 1.54) is 23.1 Å². The lowest BCUT2D eigenvalue weighted by Gasteiger charge is -2.35. The van der Waals surface area contributed by atoms with E-state index in [1.54, 1.807) is 0 Å². The molecule has 1 fully saturated rings. The van der Waals surface area contributed by atoms with Gasteiger partial charge in [0, 0.05) is 6.61 Å². The highest BCUT2D eigenvalue weighted by molar-refractivity contribution is 5.35. The van der Waals surface area contributed by atoms with Crippen molar-refractivity contribution in [2.24, 2.45) is 0 Å². The molecule has 1 aromatic carbocycles. The maximum Gasteiger partial charge on any atom is 0.0849 e. The van der Waals surface area contributed by atoms with E-state index in [4.69, 9.17) is 4.74 Å². The Morgan fingerprint density at radius 3 is 2.79 bits per heavy atom. The summed E-state index contributed by atoms with van der Waals surface area (Å²) in [5, 5.41) is 3.71. The number of hydrogen-bond acceptors (Lipinski definition) is 2. The molecule has 2 rings (SSSR count). The zero-order valence-corrected chi connectivity index (χ0v) is 12.8. The Hall–Kier alpha value is -0.860. The van der Waals surface area contributed by atoms with Crippen LogP contribution < -0.4 is 5.32 Å². The predicted octanol–water partition coefficient (Wildman–Crippen LogP) is 3.91. The van der Waals surface area contributed by atoms with Gasteiger partial charge in [-0.1, -0.05) is 30.7 Å². The topological polar surface area (TPSA) is 21.3 Å². The van der Waals surface area contributed by atoms with Gasteiger partial charge < -0.3 is 10.1 Å². The highest BCUT2D eigenvalue weighted by atomic mass is 16.5.